The van der Waals surface area contributed by atoms with Gasteiger partial charge in [-0.15, -0.1) is 0 Å². The number of hydrogen-bond acceptors (Lipinski definition) is 4. The maximum absolute atomic E-state index is 12.4. The summed E-state index contributed by atoms with van der Waals surface area (Å²) in [7, 11) is 3.79. The molecule has 0 aromatic heterocycles. The number of carbonyl (C=O) groups excluding carboxylic acids is 2. The van der Waals surface area contributed by atoms with E-state index in [1.165, 1.54) is 0 Å². The molecule has 1 heterocycles. The molecule has 1 saturated heterocycles. The lowest BCUT2D eigenvalue weighted by Gasteiger charge is -2.32. The van der Waals surface area contributed by atoms with Crippen LogP contribution < -0.4 is 0 Å². The van der Waals surface area contributed by atoms with Crippen LogP contribution in [0.2, 0.25) is 0 Å². The van der Waals surface area contributed by atoms with Crippen molar-refractivity contribution in [2.75, 3.05) is 40.4 Å². The maximum Gasteiger partial charge on any atom is 0.233 e. The standard InChI is InChI=1S/C14H22N2O3/c1-15(2)10-11-4-3-5-12(13(11)17)14(18)16-6-8-19-9-7-16/h10,12H,3-9H2,1-2H3/b11-10-. The van der Waals surface area contributed by atoms with E-state index in [-0.39, 0.29) is 11.7 Å². The third-order valence-electron chi connectivity index (χ3n) is 3.61. The highest BCUT2D eigenvalue weighted by molar-refractivity contribution is 6.10. The molecule has 2 rings (SSSR count). The summed E-state index contributed by atoms with van der Waals surface area (Å²) in [6.07, 6.45) is 4.22. The van der Waals surface area contributed by atoms with Gasteiger partial charge in [0.15, 0.2) is 5.78 Å². The summed E-state index contributed by atoms with van der Waals surface area (Å²) in [5, 5.41) is 0. The van der Waals surface area contributed by atoms with E-state index in [1.54, 1.807) is 4.90 Å². The third kappa shape index (κ3) is 3.35. The van der Waals surface area contributed by atoms with Crippen LogP contribution in [-0.2, 0) is 14.3 Å². The van der Waals surface area contributed by atoms with Crippen LogP contribution in [0.25, 0.3) is 0 Å². The Bertz CT molecular complexity index is 384. The predicted octanol–water partition coefficient (Wildman–Crippen LogP) is 0.660. The molecular weight excluding hydrogens is 244 g/mol. The molecule has 106 valence electrons. The number of allylic oxidation sites excluding steroid dienone is 1. The zero-order chi connectivity index (χ0) is 13.8. The van der Waals surface area contributed by atoms with Crippen LogP contribution >= 0.6 is 0 Å². The first-order valence-corrected chi connectivity index (χ1v) is 6.87. The van der Waals surface area contributed by atoms with Gasteiger partial charge in [0, 0.05) is 39.0 Å². The molecule has 5 heteroatoms. The van der Waals surface area contributed by atoms with Gasteiger partial charge in [-0.25, -0.2) is 0 Å². The van der Waals surface area contributed by atoms with Crippen LogP contribution in [0.4, 0.5) is 0 Å². The zero-order valence-electron chi connectivity index (χ0n) is 11.7. The lowest BCUT2D eigenvalue weighted by Crippen LogP contribution is -2.46. The van der Waals surface area contributed by atoms with Gasteiger partial charge in [0.1, 0.15) is 5.92 Å². The minimum atomic E-state index is -0.474. The average molecular weight is 266 g/mol. The summed E-state index contributed by atoms with van der Waals surface area (Å²) in [4.78, 5) is 28.4. The molecule has 2 fully saturated rings. The molecule has 1 aliphatic heterocycles. The number of ketones is 1. The Morgan fingerprint density at radius 1 is 1.37 bits per heavy atom. The fourth-order valence-electron chi connectivity index (χ4n) is 2.65. The molecule has 2 aliphatic rings. The van der Waals surface area contributed by atoms with Gasteiger partial charge >= 0.3 is 0 Å². The number of nitrogens with zero attached hydrogens (tertiary/aromatic N) is 2. The van der Waals surface area contributed by atoms with Gasteiger partial charge in [-0.05, 0) is 19.3 Å². The van der Waals surface area contributed by atoms with Gasteiger partial charge in [0.25, 0.3) is 0 Å². The average Bonchev–Trinajstić information content (AvgIpc) is 2.41. The molecule has 0 spiro atoms. The minimum Gasteiger partial charge on any atom is -0.383 e. The molecule has 1 amide bonds. The lowest BCUT2D eigenvalue weighted by atomic mass is 9.83. The fraction of sp³-hybridized carbons (Fsp3) is 0.714. The van der Waals surface area contributed by atoms with Gasteiger partial charge in [-0.2, -0.15) is 0 Å². The molecule has 0 aromatic carbocycles. The van der Waals surface area contributed by atoms with Crippen LogP contribution in [0.15, 0.2) is 11.8 Å². The number of morpholine rings is 1. The van der Waals surface area contributed by atoms with Crippen molar-refractivity contribution in [3.63, 3.8) is 0 Å². The lowest BCUT2D eigenvalue weighted by molar-refractivity contribution is -0.144. The number of amides is 1. The van der Waals surface area contributed by atoms with E-state index < -0.39 is 5.92 Å². The van der Waals surface area contributed by atoms with Gasteiger partial charge in [-0.3, -0.25) is 9.59 Å². The van der Waals surface area contributed by atoms with Crippen LogP contribution in [0.1, 0.15) is 19.3 Å². The van der Waals surface area contributed by atoms with Crippen LogP contribution in [0.3, 0.4) is 0 Å². The summed E-state index contributed by atoms with van der Waals surface area (Å²) >= 11 is 0. The number of carbonyl (C=O) groups is 2. The van der Waals surface area contributed by atoms with E-state index in [2.05, 4.69) is 0 Å². The summed E-state index contributed by atoms with van der Waals surface area (Å²) in [5.41, 5.74) is 0.780. The molecule has 0 aromatic rings. The molecule has 1 saturated carbocycles. The second-order valence-corrected chi connectivity index (χ2v) is 5.36. The van der Waals surface area contributed by atoms with E-state index in [0.717, 1.165) is 18.4 Å². The van der Waals surface area contributed by atoms with Crippen molar-refractivity contribution in [2.24, 2.45) is 5.92 Å². The molecule has 1 aliphatic carbocycles. The number of ether oxygens (including phenoxy) is 1. The molecule has 0 N–H and O–H groups in total. The van der Waals surface area contributed by atoms with Crippen molar-refractivity contribution in [2.45, 2.75) is 19.3 Å². The smallest absolute Gasteiger partial charge is 0.233 e. The number of rotatable bonds is 2. The van der Waals surface area contributed by atoms with Crippen molar-refractivity contribution in [1.29, 1.82) is 0 Å². The maximum atomic E-state index is 12.4. The molecule has 19 heavy (non-hydrogen) atoms. The monoisotopic (exact) mass is 266 g/mol. The van der Waals surface area contributed by atoms with Crippen molar-refractivity contribution >= 4 is 11.7 Å². The van der Waals surface area contributed by atoms with Crippen LogP contribution in [0.5, 0.6) is 0 Å². The van der Waals surface area contributed by atoms with Gasteiger partial charge < -0.3 is 14.5 Å². The molecule has 0 bridgehead atoms. The summed E-state index contributed by atoms with van der Waals surface area (Å²) < 4.78 is 5.24. The van der Waals surface area contributed by atoms with Gasteiger partial charge in [-0.1, -0.05) is 0 Å². The highest BCUT2D eigenvalue weighted by atomic mass is 16.5. The van der Waals surface area contributed by atoms with Crippen LogP contribution in [0, 0.1) is 5.92 Å². The first kappa shape index (κ1) is 14.1. The number of Topliss-reactive ketones (excluding diaryl/α,β-unsaturated/α-hetero) is 1. The van der Waals surface area contributed by atoms with Crippen LogP contribution in [-0.4, -0.2) is 61.9 Å². The van der Waals surface area contributed by atoms with Crippen molar-refractivity contribution in [3.05, 3.63) is 11.8 Å². The Labute approximate surface area is 114 Å². The first-order chi connectivity index (χ1) is 9.09. The number of hydrogen-bond donors (Lipinski definition) is 0. The van der Waals surface area contributed by atoms with Gasteiger partial charge in [0.2, 0.25) is 5.91 Å². The Morgan fingerprint density at radius 3 is 2.68 bits per heavy atom. The molecule has 1 atom stereocenters. The molecule has 1 unspecified atom stereocenters. The summed E-state index contributed by atoms with van der Waals surface area (Å²) in [6, 6.07) is 0. The highest BCUT2D eigenvalue weighted by Gasteiger charge is 2.35. The van der Waals surface area contributed by atoms with Crippen molar-refractivity contribution in [1.82, 2.24) is 9.80 Å². The van der Waals surface area contributed by atoms with Gasteiger partial charge in [0.05, 0.1) is 13.2 Å². The van der Waals surface area contributed by atoms with E-state index >= 15 is 0 Å². The fourth-order valence-corrected chi connectivity index (χ4v) is 2.65. The Morgan fingerprint density at radius 2 is 2.05 bits per heavy atom. The normalized spacial score (nSPS) is 26.6. The first-order valence-electron chi connectivity index (χ1n) is 6.87. The predicted molar refractivity (Wildman–Crippen MR) is 71.5 cm³/mol. The Kier molecular flexibility index (Phi) is 4.58. The zero-order valence-corrected chi connectivity index (χ0v) is 11.7. The van der Waals surface area contributed by atoms with E-state index in [4.69, 9.17) is 4.74 Å². The Hall–Kier alpha value is -1.36. The summed E-state index contributed by atoms with van der Waals surface area (Å²) in [5.74, 6) is -0.479. The summed E-state index contributed by atoms with van der Waals surface area (Å²) in [6.45, 7) is 2.37. The molecule has 5 nitrogen and oxygen atoms in total. The SMILES string of the molecule is CN(C)/C=C1/CCCC(C(=O)N2CCOCC2)C1=O. The third-order valence-corrected chi connectivity index (χ3v) is 3.61. The van der Waals surface area contributed by atoms with E-state index in [9.17, 15) is 9.59 Å². The topological polar surface area (TPSA) is 49.9 Å². The van der Waals surface area contributed by atoms with E-state index in [0.29, 0.717) is 32.7 Å². The largest absolute Gasteiger partial charge is 0.383 e. The quantitative estimate of drug-likeness (QED) is 0.544. The molecular formula is C14H22N2O3. The minimum absolute atomic E-state index is 0.0106. The van der Waals surface area contributed by atoms with E-state index in [1.807, 2.05) is 25.2 Å². The Balaban J connectivity index is 2.06. The van der Waals surface area contributed by atoms with Crippen molar-refractivity contribution < 1.29 is 14.3 Å². The second kappa shape index (κ2) is 6.19. The second-order valence-electron chi connectivity index (χ2n) is 5.36. The van der Waals surface area contributed by atoms with Crippen molar-refractivity contribution in [3.8, 4) is 0 Å². The highest BCUT2D eigenvalue weighted by Crippen LogP contribution is 2.27. The molecule has 0 radical (unpaired) electrons.